The van der Waals surface area contributed by atoms with Gasteiger partial charge >= 0.3 is 0 Å². The maximum absolute atomic E-state index is 11.7. The molecule has 1 amide bonds. The molecular formula is C14H19NO. The lowest BCUT2D eigenvalue weighted by Crippen LogP contribution is -2.25. The van der Waals surface area contributed by atoms with Gasteiger partial charge in [0.15, 0.2) is 0 Å². The van der Waals surface area contributed by atoms with Crippen molar-refractivity contribution in [3.63, 3.8) is 0 Å². The van der Waals surface area contributed by atoms with Crippen molar-refractivity contribution in [1.29, 1.82) is 0 Å². The molecule has 0 radical (unpaired) electrons. The zero-order chi connectivity index (χ0) is 11.4. The molecule has 2 rings (SSSR count). The lowest BCUT2D eigenvalue weighted by atomic mass is 9.97. The van der Waals surface area contributed by atoms with Gasteiger partial charge in [0.25, 0.3) is 0 Å². The Balaban J connectivity index is 1.95. The highest BCUT2D eigenvalue weighted by atomic mass is 16.1. The smallest absolute Gasteiger partial charge is 0.220 e. The zero-order valence-corrected chi connectivity index (χ0v) is 9.83. The topological polar surface area (TPSA) is 29.1 Å². The van der Waals surface area contributed by atoms with Crippen LogP contribution in [0.15, 0.2) is 24.3 Å². The molecule has 0 bridgehead atoms. The van der Waals surface area contributed by atoms with Crippen LogP contribution < -0.4 is 5.32 Å². The normalized spacial score (nSPS) is 18.2. The molecule has 0 aliphatic heterocycles. The van der Waals surface area contributed by atoms with Gasteiger partial charge in [0.1, 0.15) is 0 Å². The van der Waals surface area contributed by atoms with Crippen molar-refractivity contribution in [3.05, 3.63) is 35.4 Å². The first kappa shape index (κ1) is 11.2. The Bertz CT molecular complexity index is 373. The van der Waals surface area contributed by atoms with E-state index in [2.05, 4.69) is 36.5 Å². The van der Waals surface area contributed by atoms with Gasteiger partial charge in [-0.25, -0.2) is 0 Å². The number of hydrogen-bond donors (Lipinski definition) is 1. The second kappa shape index (κ2) is 5.15. The van der Waals surface area contributed by atoms with Crippen molar-refractivity contribution in [2.24, 2.45) is 0 Å². The second-order valence-electron chi connectivity index (χ2n) is 4.49. The minimum Gasteiger partial charge on any atom is -0.356 e. The molecule has 1 aromatic carbocycles. The maximum Gasteiger partial charge on any atom is 0.220 e. The van der Waals surface area contributed by atoms with E-state index in [4.69, 9.17) is 0 Å². The van der Waals surface area contributed by atoms with E-state index in [0.717, 1.165) is 25.8 Å². The SMILES string of the molecule is CCCNC(=O)C[C@@H]1CCc2ccccc21. The van der Waals surface area contributed by atoms with Gasteiger partial charge in [0.05, 0.1) is 0 Å². The predicted molar refractivity (Wildman–Crippen MR) is 65.4 cm³/mol. The molecular weight excluding hydrogens is 198 g/mol. The van der Waals surface area contributed by atoms with Crippen LogP contribution >= 0.6 is 0 Å². The second-order valence-corrected chi connectivity index (χ2v) is 4.49. The van der Waals surface area contributed by atoms with Crippen LogP contribution in [0, 0.1) is 0 Å². The van der Waals surface area contributed by atoms with Crippen LogP contribution in [-0.2, 0) is 11.2 Å². The van der Waals surface area contributed by atoms with Crippen LogP contribution in [0.2, 0.25) is 0 Å². The first-order valence-corrected chi connectivity index (χ1v) is 6.15. The standard InChI is InChI=1S/C14H19NO/c1-2-9-15-14(16)10-12-8-7-11-5-3-4-6-13(11)12/h3-6,12H,2,7-10H2,1H3,(H,15,16)/t12-/m0/s1. The van der Waals surface area contributed by atoms with Crippen molar-refractivity contribution in [2.75, 3.05) is 6.54 Å². The summed E-state index contributed by atoms with van der Waals surface area (Å²) in [5.41, 5.74) is 2.81. The summed E-state index contributed by atoms with van der Waals surface area (Å²) < 4.78 is 0. The quantitative estimate of drug-likeness (QED) is 0.825. The Hall–Kier alpha value is -1.31. The summed E-state index contributed by atoms with van der Waals surface area (Å²) in [6.45, 7) is 2.87. The summed E-state index contributed by atoms with van der Waals surface area (Å²) in [7, 11) is 0. The Morgan fingerprint density at radius 3 is 3.06 bits per heavy atom. The van der Waals surface area contributed by atoms with Crippen molar-refractivity contribution >= 4 is 5.91 Å². The van der Waals surface area contributed by atoms with Gasteiger partial charge in [-0.1, -0.05) is 31.2 Å². The maximum atomic E-state index is 11.7. The molecule has 1 N–H and O–H groups in total. The van der Waals surface area contributed by atoms with Gasteiger partial charge < -0.3 is 5.32 Å². The number of carbonyl (C=O) groups excluding carboxylic acids is 1. The van der Waals surface area contributed by atoms with E-state index >= 15 is 0 Å². The largest absolute Gasteiger partial charge is 0.356 e. The minimum absolute atomic E-state index is 0.198. The first-order valence-electron chi connectivity index (χ1n) is 6.15. The molecule has 86 valence electrons. The van der Waals surface area contributed by atoms with Crippen LogP contribution in [0.4, 0.5) is 0 Å². The summed E-state index contributed by atoms with van der Waals surface area (Å²) in [5.74, 6) is 0.636. The van der Waals surface area contributed by atoms with Crippen molar-refractivity contribution < 1.29 is 4.79 Å². The summed E-state index contributed by atoms with van der Waals surface area (Å²) in [5, 5.41) is 2.95. The molecule has 0 saturated carbocycles. The fraction of sp³-hybridized carbons (Fsp3) is 0.500. The number of hydrogen-bond acceptors (Lipinski definition) is 1. The van der Waals surface area contributed by atoms with Gasteiger partial charge in [-0.3, -0.25) is 4.79 Å². The number of nitrogens with one attached hydrogen (secondary N) is 1. The van der Waals surface area contributed by atoms with E-state index in [1.54, 1.807) is 0 Å². The summed E-state index contributed by atoms with van der Waals surface area (Å²) in [4.78, 5) is 11.7. The average Bonchev–Trinajstić information content (AvgIpc) is 2.70. The lowest BCUT2D eigenvalue weighted by Gasteiger charge is -2.11. The van der Waals surface area contributed by atoms with Gasteiger partial charge in [-0.05, 0) is 36.3 Å². The Labute approximate surface area is 97.1 Å². The first-order chi connectivity index (χ1) is 7.81. The number of amides is 1. The minimum atomic E-state index is 0.198. The number of rotatable bonds is 4. The number of fused-ring (bicyclic) bond motifs is 1. The molecule has 0 aromatic heterocycles. The molecule has 0 saturated heterocycles. The van der Waals surface area contributed by atoms with E-state index in [0.29, 0.717) is 12.3 Å². The highest BCUT2D eigenvalue weighted by molar-refractivity contribution is 5.77. The monoisotopic (exact) mass is 217 g/mol. The molecule has 0 spiro atoms. The molecule has 0 unspecified atom stereocenters. The Morgan fingerprint density at radius 1 is 1.44 bits per heavy atom. The molecule has 1 aliphatic carbocycles. The highest BCUT2D eigenvalue weighted by Gasteiger charge is 2.23. The third-order valence-corrected chi connectivity index (χ3v) is 3.26. The summed E-state index contributed by atoms with van der Waals surface area (Å²) >= 11 is 0. The van der Waals surface area contributed by atoms with Gasteiger partial charge in [0, 0.05) is 13.0 Å². The fourth-order valence-corrected chi connectivity index (χ4v) is 2.42. The number of aryl methyl sites for hydroxylation is 1. The van der Waals surface area contributed by atoms with E-state index < -0.39 is 0 Å². The zero-order valence-electron chi connectivity index (χ0n) is 9.83. The van der Waals surface area contributed by atoms with Gasteiger partial charge in [-0.15, -0.1) is 0 Å². The van der Waals surface area contributed by atoms with E-state index in [9.17, 15) is 4.79 Å². The summed E-state index contributed by atoms with van der Waals surface area (Å²) in [6, 6.07) is 8.50. The predicted octanol–water partition coefficient (Wildman–Crippen LogP) is 2.63. The molecule has 2 heteroatoms. The van der Waals surface area contributed by atoms with Crippen LogP contribution in [0.1, 0.15) is 43.2 Å². The van der Waals surface area contributed by atoms with E-state index in [1.807, 2.05) is 0 Å². The van der Waals surface area contributed by atoms with Crippen molar-refractivity contribution in [1.82, 2.24) is 5.32 Å². The van der Waals surface area contributed by atoms with Gasteiger partial charge in [0.2, 0.25) is 5.91 Å². The molecule has 1 aliphatic rings. The van der Waals surface area contributed by atoms with Crippen molar-refractivity contribution in [3.8, 4) is 0 Å². The highest BCUT2D eigenvalue weighted by Crippen LogP contribution is 2.34. The van der Waals surface area contributed by atoms with Gasteiger partial charge in [-0.2, -0.15) is 0 Å². The van der Waals surface area contributed by atoms with Crippen molar-refractivity contribution in [2.45, 2.75) is 38.5 Å². The van der Waals surface area contributed by atoms with Crippen LogP contribution in [0.5, 0.6) is 0 Å². The number of benzene rings is 1. The number of carbonyl (C=O) groups is 1. The third-order valence-electron chi connectivity index (χ3n) is 3.26. The molecule has 1 aromatic rings. The molecule has 1 atom stereocenters. The van der Waals surface area contributed by atoms with Crippen LogP contribution in [-0.4, -0.2) is 12.5 Å². The Morgan fingerprint density at radius 2 is 2.25 bits per heavy atom. The van der Waals surface area contributed by atoms with Crippen LogP contribution in [0.25, 0.3) is 0 Å². The summed E-state index contributed by atoms with van der Waals surface area (Å²) in [6.07, 6.45) is 3.91. The molecule has 16 heavy (non-hydrogen) atoms. The van der Waals surface area contributed by atoms with Crippen LogP contribution in [0.3, 0.4) is 0 Å². The molecule has 0 fully saturated rings. The fourth-order valence-electron chi connectivity index (χ4n) is 2.42. The Kier molecular flexibility index (Phi) is 3.60. The lowest BCUT2D eigenvalue weighted by molar-refractivity contribution is -0.121. The average molecular weight is 217 g/mol. The van der Waals surface area contributed by atoms with E-state index in [1.165, 1.54) is 11.1 Å². The molecule has 0 heterocycles. The third kappa shape index (κ3) is 2.43. The molecule has 2 nitrogen and oxygen atoms in total. The van der Waals surface area contributed by atoms with E-state index in [-0.39, 0.29) is 5.91 Å².